The van der Waals surface area contributed by atoms with Crippen LogP contribution in [-0.4, -0.2) is 40.9 Å². The fourth-order valence-corrected chi connectivity index (χ4v) is 5.55. The van der Waals surface area contributed by atoms with Crippen molar-refractivity contribution in [2.45, 2.75) is 37.8 Å². The second-order valence-electron chi connectivity index (χ2n) is 8.70. The summed E-state index contributed by atoms with van der Waals surface area (Å²) in [6, 6.07) is 14.9. The van der Waals surface area contributed by atoms with Crippen molar-refractivity contribution in [3.05, 3.63) is 64.7 Å². The maximum Gasteiger partial charge on any atom is 0.322 e. The van der Waals surface area contributed by atoms with Crippen LogP contribution in [0.15, 0.2) is 48.5 Å². The third kappa shape index (κ3) is 4.16. The van der Waals surface area contributed by atoms with Gasteiger partial charge in [0.1, 0.15) is 5.54 Å². The maximum atomic E-state index is 12.9. The minimum Gasteiger partial charge on any atom is -0.334 e. The molecule has 2 saturated heterocycles. The molecule has 170 valence electrons. The van der Waals surface area contributed by atoms with Crippen molar-refractivity contribution >= 4 is 39.5 Å². The molecule has 2 unspecified atom stereocenters. The zero-order chi connectivity index (χ0) is 23.0. The largest absolute Gasteiger partial charge is 0.334 e. The zero-order valence-corrected chi connectivity index (χ0v) is 19.1. The van der Waals surface area contributed by atoms with Gasteiger partial charge in [0.05, 0.1) is 15.2 Å². The van der Waals surface area contributed by atoms with Crippen LogP contribution in [-0.2, 0) is 16.9 Å². The molecular weight excluding hydrogens is 438 g/mol. The minimum atomic E-state index is -1.12. The van der Waals surface area contributed by atoms with E-state index < -0.39 is 11.6 Å². The van der Waals surface area contributed by atoms with Gasteiger partial charge in [0.25, 0.3) is 5.91 Å². The second-order valence-corrected chi connectivity index (χ2v) is 9.76. The van der Waals surface area contributed by atoms with Crippen molar-refractivity contribution in [1.29, 1.82) is 0 Å². The fourth-order valence-electron chi connectivity index (χ4n) is 4.46. The Morgan fingerprint density at radius 1 is 1.24 bits per heavy atom. The topological polar surface area (TPSA) is 103 Å². The summed E-state index contributed by atoms with van der Waals surface area (Å²) in [5.74, 6) is -0.141. The van der Waals surface area contributed by atoms with E-state index in [4.69, 9.17) is 4.98 Å². The minimum absolute atomic E-state index is 0.107. The Hall–Kier alpha value is -3.46. The predicted molar refractivity (Wildman–Crippen MR) is 126 cm³/mol. The van der Waals surface area contributed by atoms with Gasteiger partial charge in [-0.25, -0.2) is 14.6 Å². The number of imide groups is 1. The average Bonchev–Trinajstić information content (AvgIpc) is 3.38. The number of hydrogen-bond acceptors (Lipinski definition) is 5. The van der Waals surface area contributed by atoms with Gasteiger partial charge in [-0.15, -0.1) is 11.3 Å². The third-order valence-electron chi connectivity index (χ3n) is 6.36. The second kappa shape index (κ2) is 8.47. The Labute approximate surface area is 195 Å². The van der Waals surface area contributed by atoms with Crippen molar-refractivity contribution in [2.75, 3.05) is 13.1 Å². The van der Waals surface area contributed by atoms with Gasteiger partial charge >= 0.3 is 12.1 Å². The number of likely N-dealkylation sites (tertiary alicyclic amines) is 1. The molecule has 0 spiro atoms. The molecular formula is C24H25N5O3S. The van der Waals surface area contributed by atoms with Gasteiger partial charge in [-0.05, 0) is 43.0 Å². The number of nitrogens with one attached hydrogen (secondary N) is 3. The molecule has 33 heavy (non-hydrogen) atoms. The monoisotopic (exact) mass is 463 g/mol. The molecule has 2 aliphatic heterocycles. The first kappa shape index (κ1) is 21.4. The lowest BCUT2D eigenvalue weighted by Crippen LogP contribution is -2.44. The summed E-state index contributed by atoms with van der Waals surface area (Å²) < 4.78 is 1.18. The molecule has 9 heteroatoms. The van der Waals surface area contributed by atoms with Crippen molar-refractivity contribution in [3.63, 3.8) is 0 Å². The Balaban J connectivity index is 1.23. The number of amides is 5. The summed E-state index contributed by atoms with van der Waals surface area (Å²) in [7, 11) is 0. The normalized spacial score (nSPS) is 22.8. The van der Waals surface area contributed by atoms with E-state index in [2.05, 4.69) is 22.0 Å². The summed E-state index contributed by atoms with van der Waals surface area (Å²) in [6.45, 7) is 3.37. The van der Waals surface area contributed by atoms with E-state index in [0.29, 0.717) is 18.7 Å². The van der Waals surface area contributed by atoms with Crippen molar-refractivity contribution in [1.82, 2.24) is 25.8 Å². The Bertz CT molecular complexity index is 1210. The van der Waals surface area contributed by atoms with Gasteiger partial charge in [-0.1, -0.05) is 36.4 Å². The molecule has 8 nitrogen and oxygen atoms in total. The Kier molecular flexibility index (Phi) is 5.49. The van der Waals surface area contributed by atoms with Crippen molar-refractivity contribution in [2.24, 2.45) is 0 Å². The molecule has 2 aliphatic rings. The standard InChI is InChI=1S/C24H25N5O3S/c1-24(21(30)27-22(31)28-24)17-8-4-6-15(12-17)13-25-23(32)29-11-5-7-16(14-29)20-26-18-9-2-3-10-19(18)33-20/h2-4,6,8-10,12,16H,5,7,11,13-14H2,1H3,(H,25,32)(H2,27,28,30,31). The molecule has 1 aromatic heterocycles. The highest BCUT2D eigenvalue weighted by Crippen LogP contribution is 2.33. The van der Waals surface area contributed by atoms with Crippen LogP contribution in [0.1, 0.15) is 41.8 Å². The summed E-state index contributed by atoms with van der Waals surface area (Å²) >= 11 is 1.71. The van der Waals surface area contributed by atoms with E-state index in [1.807, 2.05) is 41.3 Å². The molecule has 2 aromatic carbocycles. The molecule has 0 saturated carbocycles. The molecule has 5 rings (SSSR count). The van der Waals surface area contributed by atoms with E-state index >= 15 is 0 Å². The molecule has 3 heterocycles. The Morgan fingerprint density at radius 2 is 2.09 bits per heavy atom. The summed E-state index contributed by atoms with van der Waals surface area (Å²) in [6.07, 6.45) is 1.97. The molecule has 2 fully saturated rings. The predicted octanol–water partition coefficient (Wildman–Crippen LogP) is 3.44. The number of piperidine rings is 1. The first-order valence-corrected chi connectivity index (χ1v) is 11.9. The lowest BCUT2D eigenvalue weighted by atomic mass is 9.91. The van der Waals surface area contributed by atoms with E-state index in [-0.39, 0.29) is 17.9 Å². The first-order chi connectivity index (χ1) is 15.9. The molecule has 2 atom stereocenters. The average molecular weight is 464 g/mol. The van der Waals surface area contributed by atoms with Crippen LogP contribution in [0, 0.1) is 0 Å². The number of thiazole rings is 1. The van der Waals surface area contributed by atoms with E-state index in [1.54, 1.807) is 24.3 Å². The number of benzene rings is 2. The van der Waals surface area contributed by atoms with Gasteiger partial charge in [0.15, 0.2) is 0 Å². The molecule has 5 amide bonds. The number of carbonyl (C=O) groups is 3. The molecule has 0 aliphatic carbocycles. The van der Waals surface area contributed by atoms with E-state index in [9.17, 15) is 14.4 Å². The van der Waals surface area contributed by atoms with Gasteiger partial charge in [-0.2, -0.15) is 0 Å². The van der Waals surface area contributed by atoms with Crippen LogP contribution in [0.5, 0.6) is 0 Å². The molecule has 0 bridgehead atoms. The van der Waals surface area contributed by atoms with E-state index in [0.717, 1.165) is 35.5 Å². The Morgan fingerprint density at radius 3 is 2.88 bits per heavy atom. The number of fused-ring (bicyclic) bond motifs is 1. The number of urea groups is 2. The number of carbonyl (C=O) groups excluding carboxylic acids is 3. The smallest absolute Gasteiger partial charge is 0.322 e. The number of rotatable bonds is 4. The third-order valence-corrected chi connectivity index (χ3v) is 7.56. The highest BCUT2D eigenvalue weighted by atomic mass is 32.1. The first-order valence-electron chi connectivity index (χ1n) is 11.0. The van der Waals surface area contributed by atoms with Crippen molar-refractivity contribution < 1.29 is 14.4 Å². The van der Waals surface area contributed by atoms with Crippen LogP contribution >= 0.6 is 11.3 Å². The van der Waals surface area contributed by atoms with E-state index in [1.165, 1.54) is 4.70 Å². The molecule has 0 radical (unpaired) electrons. The molecule has 3 aromatic rings. The van der Waals surface area contributed by atoms with Gasteiger partial charge in [0.2, 0.25) is 0 Å². The highest BCUT2D eigenvalue weighted by molar-refractivity contribution is 7.18. The summed E-state index contributed by atoms with van der Waals surface area (Å²) in [5, 5.41) is 9.03. The maximum absolute atomic E-state index is 12.9. The van der Waals surface area contributed by atoms with Crippen LogP contribution in [0.3, 0.4) is 0 Å². The molecule has 3 N–H and O–H groups in total. The summed E-state index contributed by atoms with van der Waals surface area (Å²) in [5.41, 5.74) is 1.43. The van der Waals surface area contributed by atoms with Gasteiger partial charge in [0, 0.05) is 25.6 Å². The zero-order valence-electron chi connectivity index (χ0n) is 18.3. The highest BCUT2D eigenvalue weighted by Gasteiger charge is 2.43. The quantitative estimate of drug-likeness (QED) is 0.516. The SMILES string of the molecule is CC1(c2cccc(CNC(=O)N3CCCC(c4nc5ccccc5s4)C3)c2)NC(=O)NC1=O. The lowest BCUT2D eigenvalue weighted by Gasteiger charge is -2.32. The summed E-state index contributed by atoms with van der Waals surface area (Å²) in [4.78, 5) is 43.3. The van der Waals surface area contributed by atoms with Crippen LogP contribution < -0.4 is 16.0 Å². The number of aromatic nitrogens is 1. The van der Waals surface area contributed by atoms with Crippen LogP contribution in [0.2, 0.25) is 0 Å². The number of para-hydroxylation sites is 1. The number of hydrogen-bond donors (Lipinski definition) is 3. The fraction of sp³-hybridized carbons (Fsp3) is 0.333. The van der Waals surface area contributed by atoms with Gasteiger partial charge in [-0.3, -0.25) is 10.1 Å². The van der Waals surface area contributed by atoms with Crippen LogP contribution in [0.25, 0.3) is 10.2 Å². The van der Waals surface area contributed by atoms with Crippen LogP contribution in [0.4, 0.5) is 9.59 Å². The number of nitrogens with zero attached hydrogens (tertiary/aromatic N) is 2. The lowest BCUT2D eigenvalue weighted by molar-refractivity contribution is -0.123. The van der Waals surface area contributed by atoms with Crippen molar-refractivity contribution in [3.8, 4) is 0 Å². The van der Waals surface area contributed by atoms with Gasteiger partial charge < -0.3 is 15.5 Å².